The smallest absolute Gasteiger partial charge is 0.270 e. The van der Waals surface area contributed by atoms with Gasteiger partial charge in [-0.1, -0.05) is 6.92 Å². The van der Waals surface area contributed by atoms with Crippen molar-refractivity contribution in [2.45, 2.75) is 6.92 Å². The number of fused-ring (bicyclic) bond motifs is 1. The Hall–Kier alpha value is -1.33. The van der Waals surface area contributed by atoms with Crippen molar-refractivity contribution in [1.82, 2.24) is 14.4 Å². The van der Waals surface area contributed by atoms with Crippen LogP contribution in [0.15, 0.2) is 17.5 Å². The van der Waals surface area contributed by atoms with E-state index in [2.05, 4.69) is 23.3 Å². The van der Waals surface area contributed by atoms with Crippen molar-refractivity contribution < 1.29 is 4.79 Å². The molecule has 1 aliphatic heterocycles. The summed E-state index contributed by atoms with van der Waals surface area (Å²) in [5.41, 5.74) is 1.97. The number of rotatable bonds is 2. The molecule has 19 heavy (non-hydrogen) atoms. The molecule has 3 rings (SSSR count). The van der Waals surface area contributed by atoms with Crippen LogP contribution in [0.25, 0.3) is 10.2 Å². The van der Waals surface area contributed by atoms with E-state index in [-0.39, 0.29) is 5.91 Å². The molecule has 0 unspecified atom stereocenters. The molecular formula is C14H19N3OS. The van der Waals surface area contributed by atoms with E-state index in [1.165, 1.54) is 4.70 Å². The van der Waals surface area contributed by atoms with Crippen molar-refractivity contribution in [3.05, 3.63) is 23.2 Å². The van der Waals surface area contributed by atoms with Crippen LogP contribution in [0.2, 0.25) is 0 Å². The third-order valence-corrected chi connectivity index (χ3v) is 4.84. The number of carbonyl (C=O) groups is 1. The SMILES string of the molecule is CCN1CCN(C(=O)c2cc3sccc3n2C)CC1. The first-order valence-electron chi connectivity index (χ1n) is 6.75. The molecule has 2 aromatic rings. The molecular weight excluding hydrogens is 258 g/mol. The van der Waals surface area contributed by atoms with Gasteiger partial charge in [0.1, 0.15) is 5.69 Å². The molecule has 0 aliphatic carbocycles. The number of carbonyl (C=O) groups excluding carboxylic acids is 1. The lowest BCUT2D eigenvalue weighted by molar-refractivity contribution is 0.0634. The summed E-state index contributed by atoms with van der Waals surface area (Å²) in [6, 6.07) is 4.10. The van der Waals surface area contributed by atoms with Crippen molar-refractivity contribution >= 4 is 27.5 Å². The van der Waals surface area contributed by atoms with Crippen molar-refractivity contribution in [1.29, 1.82) is 0 Å². The lowest BCUT2D eigenvalue weighted by atomic mass is 10.3. The van der Waals surface area contributed by atoms with Gasteiger partial charge in [-0.25, -0.2) is 0 Å². The molecule has 102 valence electrons. The number of hydrogen-bond acceptors (Lipinski definition) is 3. The Balaban J connectivity index is 1.80. The van der Waals surface area contributed by atoms with Crippen LogP contribution in [0.4, 0.5) is 0 Å². The molecule has 0 radical (unpaired) electrons. The first-order chi connectivity index (χ1) is 9.20. The summed E-state index contributed by atoms with van der Waals surface area (Å²) in [6.07, 6.45) is 0. The van der Waals surface area contributed by atoms with Crippen molar-refractivity contribution in [2.24, 2.45) is 7.05 Å². The molecule has 2 aromatic heterocycles. The van der Waals surface area contributed by atoms with Crippen LogP contribution in [-0.2, 0) is 7.05 Å². The zero-order valence-electron chi connectivity index (χ0n) is 11.4. The van der Waals surface area contributed by atoms with Crippen molar-refractivity contribution in [3.8, 4) is 0 Å². The predicted octanol–water partition coefficient (Wildman–Crippen LogP) is 2.02. The van der Waals surface area contributed by atoms with Gasteiger partial charge >= 0.3 is 0 Å². The molecule has 0 aromatic carbocycles. The van der Waals surface area contributed by atoms with Crippen LogP contribution in [-0.4, -0.2) is 53.0 Å². The molecule has 3 heterocycles. The lowest BCUT2D eigenvalue weighted by Gasteiger charge is -2.34. The highest BCUT2D eigenvalue weighted by molar-refractivity contribution is 7.17. The summed E-state index contributed by atoms with van der Waals surface area (Å²) in [5, 5.41) is 2.07. The molecule has 4 nitrogen and oxygen atoms in total. The standard InChI is InChI=1S/C14H19N3OS/c1-3-16-5-7-17(8-6-16)14(18)12-10-13-11(15(12)2)4-9-19-13/h4,9-10H,3,5-8H2,1-2H3. The molecule has 0 spiro atoms. The monoisotopic (exact) mass is 277 g/mol. The number of aryl methyl sites for hydroxylation is 1. The normalized spacial score (nSPS) is 17.3. The van der Waals surface area contributed by atoms with E-state index in [9.17, 15) is 4.79 Å². The second-order valence-electron chi connectivity index (χ2n) is 4.99. The topological polar surface area (TPSA) is 28.5 Å². The Morgan fingerprint density at radius 3 is 2.68 bits per heavy atom. The fraction of sp³-hybridized carbons (Fsp3) is 0.500. The Kier molecular flexibility index (Phi) is 3.33. The minimum absolute atomic E-state index is 0.168. The van der Waals surface area contributed by atoms with E-state index < -0.39 is 0 Å². The number of thiophene rings is 1. The number of amides is 1. The molecule has 0 saturated carbocycles. The maximum absolute atomic E-state index is 12.6. The van der Waals surface area contributed by atoms with Crippen LogP contribution in [0, 0.1) is 0 Å². The van der Waals surface area contributed by atoms with E-state index in [4.69, 9.17) is 0 Å². The lowest BCUT2D eigenvalue weighted by Crippen LogP contribution is -2.48. The molecule has 0 atom stereocenters. The number of hydrogen-bond donors (Lipinski definition) is 0. The van der Waals surface area contributed by atoms with E-state index in [1.54, 1.807) is 11.3 Å². The fourth-order valence-corrected chi connectivity index (χ4v) is 3.53. The van der Waals surface area contributed by atoms with Crippen LogP contribution < -0.4 is 0 Å². The van der Waals surface area contributed by atoms with Gasteiger partial charge in [0, 0.05) is 33.2 Å². The summed E-state index contributed by atoms with van der Waals surface area (Å²) in [7, 11) is 1.98. The van der Waals surface area contributed by atoms with Gasteiger partial charge in [0.15, 0.2) is 0 Å². The molecule has 1 saturated heterocycles. The molecule has 0 bridgehead atoms. The Morgan fingerprint density at radius 1 is 1.32 bits per heavy atom. The quantitative estimate of drug-likeness (QED) is 0.840. The van der Waals surface area contributed by atoms with Gasteiger partial charge in [0.25, 0.3) is 5.91 Å². The zero-order chi connectivity index (χ0) is 13.4. The van der Waals surface area contributed by atoms with Crippen LogP contribution in [0.1, 0.15) is 17.4 Å². The largest absolute Gasteiger partial charge is 0.339 e. The summed E-state index contributed by atoms with van der Waals surface area (Å²) >= 11 is 1.69. The predicted molar refractivity (Wildman–Crippen MR) is 78.8 cm³/mol. The second kappa shape index (κ2) is 4.98. The zero-order valence-corrected chi connectivity index (χ0v) is 12.2. The molecule has 5 heteroatoms. The minimum atomic E-state index is 0.168. The number of aromatic nitrogens is 1. The highest BCUT2D eigenvalue weighted by Crippen LogP contribution is 2.25. The summed E-state index contributed by atoms with van der Waals surface area (Å²) in [5.74, 6) is 0.168. The van der Waals surface area contributed by atoms with Crippen LogP contribution in [0.5, 0.6) is 0 Å². The summed E-state index contributed by atoms with van der Waals surface area (Å²) in [4.78, 5) is 16.9. The molecule has 1 amide bonds. The second-order valence-corrected chi connectivity index (χ2v) is 5.93. The van der Waals surface area contributed by atoms with Crippen LogP contribution >= 0.6 is 11.3 Å². The van der Waals surface area contributed by atoms with Gasteiger partial charge in [-0.05, 0) is 24.1 Å². The van der Waals surface area contributed by atoms with Gasteiger partial charge in [-0.3, -0.25) is 4.79 Å². The van der Waals surface area contributed by atoms with E-state index in [0.29, 0.717) is 0 Å². The fourth-order valence-electron chi connectivity index (χ4n) is 2.68. The van der Waals surface area contributed by atoms with Gasteiger partial charge < -0.3 is 14.4 Å². The van der Waals surface area contributed by atoms with Crippen molar-refractivity contribution in [2.75, 3.05) is 32.7 Å². The number of piperazine rings is 1. The Morgan fingerprint density at radius 2 is 2.05 bits per heavy atom. The third-order valence-electron chi connectivity index (χ3n) is 3.99. The van der Waals surface area contributed by atoms with Gasteiger partial charge in [-0.15, -0.1) is 11.3 Å². The first kappa shape index (κ1) is 12.7. The van der Waals surface area contributed by atoms with E-state index in [1.807, 2.05) is 22.6 Å². The van der Waals surface area contributed by atoms with Crippen LogP contribution in [0.3, 0.4) is 0 Å². The van der Waals surface area contributed by atoms with E-state index >= 15 is 0 Å². The van der Waals surface area contributed by atoms with Crippen molar-refractivity contribution in [3.63, 3.8) is 0 Å². The maximum Gasteiger partial charge on any atom is 0.270 e. The third kappa shape index (κ3) is 2.17. The van der Waals surface area contributed by atoms with E-state index in [0.717, 1.165) is 43.9 Å². The molecule has 0 N–H and O–H groups in total. The molecule has 1 aliphatic rings. The maximum atomic E-state index is 12.6. The van der Waals surface area contributed by atoms with Gasteiger partial charge in [0.2, 0.25) is 0 Å². The minimum Gasteiger partial charge on any atom is -0.339 e. The average molecular weight is 277 g/mol. The Bertz CT molecular complexity index is 593. The average Bonchev–Trinajstić information content (AvgIpc) is 3.02. The number of likely N-dealkylation sites (N-methyl/N-ethyl adjacent to an activating group) is 1. The highest BCUT2D eigenvalue weighted by Gasteiger charge is 2.24. The van der Waals surface area contributed by atoms with Gasteiger partial charge in [-0.2, -0.15) is 0 Å². The Labute approximate surface area is 117 Å². The summed E-state index contributed by atoms with van der Waals surface area (Å²) in [6.45, 7) is 6.89. The summed E-state index contributed by atoms with van der Waals surface area (Å²) < 4.78 is 3.21. The highest BCUT2D eigenvalue weighted by atomic mass is 32.1. The first-order valence-corrected chi connectivity index (χ1v) is 7.63. The number of nitrogens with zero attached hydrogens (tertiary/aromatic N) is 3. The van der Waals surface area contributed by atoms with Gasteiger partial charge in [0.05, 0.1) is 10.2 Å². The molecule has 1 fully saturated rings.